The molecular formula is C17H17ClFNO3S2. The van der Waals surface area contributed by atoms with Crippen molar-refractivity contribution in [3.63, 3.8) is 0 Å². The van der Waals surface area contributed by atoms with E-state index in [2.05, 4.69) is 5.32 Å². The zero-order chi connectivity index (χ0) is 18.4. The Morgan fingerprint density at radius 2 is 1.96 bits per heavy atom. The van der Waals surface area contributed by atoms with Gasteiger partial charge in [0.15, 0.2) is 9.84 Å². The molecule has 0 heterocycles. The summed E-state index contributed by atoms with van der Waals surface area (Å²) in [7, 11) is -3.42. The Labute approximate surface area is 155 Å². The van der Waals surface area contributed by atoms with E-state index >= 15 is 0 Å². The maximum Gasteiger partial charge on any atom is 0.252 e. The van der Waals surface area contributed by atoms with Crippen LogP contribution in [-0.4, -0.2) is 32.9 Å². The van der Waals surface area contributed by atoms with E-state index < -0.39 is 15.7 Å². The minimum atomic E-state index is -3.42. The Morgan fingerprint density at radius 3 is 2.64 bits per heavy atom. The molecule has 0 unspecified atom stereocenters. The van der Waals surface area contributed by atoms with E-state index in [9.17, 15) is 17.6 Å². The molecule has 0 atom stereocenters. The highest BCUT2D eigenvalue weighted by Crippen LogP contribution is 2.20. The quantitative estimate of drug-likeness (QED) is 0.721. The van der Waals surface area contributed by atoms with Gasteiger partial charge in [0.05, 0.1) is 15.5 Å². The minimum absolute atomic E-state index is 0.0379. The van der Waals surface area contributed by atoms with Gasteiger partial charge in [-0.3, -0.25) is 4.79 Å². The van der Waals surface area contributed by atoms with Gasteiger partial charge in [-0.1, -0.05) is 29.8 Å². The Morgan fingerprint density at radius 1 is 1.24 bits per heavy atom. The average Bonchev–Trinajstić information content (AvgIpc) is 2.55. The number of carbonyl (C=O) groups excluding carboxylic acids is 1. The molecule has 0 aromatic heterocycles. The van der Waals surface area contributed by atoms with Crippen molar-refractivity contribution in [2.45, 2.75) is 10.6 Å². The number of halogens is 2. The molecule has 0 spiro atoms. The highest BCUT2D eigenvalue weighted by molar-refractivity contribution is 7.98. The van der Waals surface area contributed by atoms with Gasteiger partial charge in [0, 0.05) is 24.3 Å². The average molecular weight is 402 g/mol. The lowest BCUT2D eigenvalue weighted by atomic mass is 10.2. The van der Waals surface area contributed by atoms with Crippen molar-refractivity contribution in [2.24, 2.45) is 0 Å². The number of hydrogen-bond donors (Lipinski definition) is 1. The summed E-state index contributed by atoms with van der Waals surface area (Å²) in [4.78, 5) is 12.2. The van der Waals surface area contributed by atoms with Gasteiger partial charge in [0.1, 0.15) is 5.82 Å². The van der Waals surface area contributed by atoms with Crippen molar-refractivity contribution < 1.29 is 17.6 Å². The second-order valence-electron chi connectivity index (χ2n) is 5.31. The Hall–Kier alpha value is -1.57. The van der Waals surface area contributed by atoms with E-state index in [-0.39, 0.29) is 21.3 Å². The Bertz CT molecular complexity index is 872. The molecule has 1 amide bonds. The van der Waals surface area contributed by atoms with Crippen LogP contribution >= 0.6 is 23.4 Å². The summed E-state index contributed by atoms with van der Waals surface area (Å²) < 4.78 is 36.6. The molecule has 25 heavy (non-hydrogen) atoms. The molecule has 0 aliphatic carbocycles. The molecular weight excluding hydrogens is 385 g/mol. The number of thioether (sulfide) groups is 1. The SMILES string of the molecule is CS(=O)(=O)c1ccc(Cl)c(C(=O)NCCSCc2ccccc2F)c1. The number of hydrogen-bond acceptors (Lipinski definition) is 4. The first-order valence-corrected chi connectivity index (χ1v) is 10.8. The fourth-order valence-electron chi connectivity index (χ4n) is 2.04. The predicted molar refractivity (Wildman–Crippen MR) is 99.5 cm³/mol. The number of carbonyl (C=O) groups is 1. The normalized spacial score (nSPS) is 11.3. The molecule has 134 valence electrons. The molecule has 0 radical (unpaired) electrons. The first-order chi connectivity index (χ1) is 11.8. The van der Waals surface area contributed by atoms with Crippen LogP contribution in [0.4, 0.5) is 4.39 Å². The smallest absolute Gasteiger partial charge is 0.252 e. The van der Waals surface area contributed by atoms with E-state index in [0.717, 1.165) is 6.26 Å². The number of sulfone groups is 1. The van der Waals surface area contributed by atoms with Gasteiger partial charge in [0.25, 0.3) is 5.91 Å². The summed E-state index contributed by atoms with van der Waals surface area (Å²) in [6.45, 7) is 0.359. The molecule has 0 saturated heterocycles. The fraction of sp³-hybridized carbons (Fsp3) is 0.235. The number of rotatable bonds is 7. The van der Waals surface area contributed by atoms with E-state index in [1.165, 1.54) is 36.0 Å². The zero-order valence-corrected chi connectivity index (χ0v) is 15.8. The number of nitrogens with one attached hydrogen (secondary N) is 1. The second kappa shape index (κ2) is 8.69. The van der Waals surface area contributed by atoms with Crippen LogP contribution in [0.5, 0.6) is 0 Å². The van der Waals surface area contributed by atoms with Gasteiger partial charge < -0.3 is 5.32 Å². The molecule has 2 rings (SSSR count). The van der Waals surface area contributed by atoms with Gasteiger partial charge >= 0.3 is 0 Å². The summed E-state index contributed by atoms with van der Waals surface area (Å²) in [5.74, 6) is 0.404. The summed E-state index contributed by atoms with van der Waals surface area (Å²) in [6.07, 6.45) is 1.07. The Kier molecular flexibility index (Phi) is 6.87. The third-order valence-electron chi connectivity index (χ3n) is 3.36. The lowest BCUT2D eigenvalue weighted by Gasteiger charge is -2.08. The van der Waals surface area contributed by atoms with Gasteiger partial charge in [-0.05, 0) is 29.8 Å². The van der Waals surface area contributed by atoms with E-state index in [1.807, 2.05) is 0 Å². The molecule has 2 aromatic rings. The number of amides is 1. The van der Waals surface area contributed by atoms with Crippen LogP contribution in [0, 0.1) is 5.82 Å². The summed E-state index contributed by atoms with van der Waals surface area (Å²) >= 11 is 7.46. The molecule has 0 bridgehead atoms. The van der Waals surface area contributed by atoms with Crippen molar-refractivity contribution in [2.75, 3.05) is 18.6 Å². The van der Waals surface area contributed by atoms with Crippen LogP contribution in [0.1, 0.15) is 15.9 Å². The number of benzene rings is 2. The van der Waals surface area contributed by atoms with Gasteiger partial charge in [-0.15, -0.1) is 0 Å². The van der Waals surface area contributed by atoms with Crippen LogP contribution in [0.2, 0.25) is 5.02 Å². The van der Waals surface area contributed by atoms with Crippen LogP contribution in [0.3, 0.4) is 0 Å². The fourth-order valence-corrected chi connectivity index (χ4v) is 3.73. The van der Waals surface area contributed by atoms with Gasteiger partial charge in [0.2, 0.25) is 0 Å². The third kappa shape index (κ3) is 5.73. The maximum absolute atomic E-state index is 13.5. The molecule has 1 N–H and O–H groups in total. The minimum Gasteiger partial charge on any atom is -0.351 e. The Balaban J connectivity index is 1.87. The van der Waals surface area contributed by atoms with E-state index in [4.69, 9.17) is 11.6 Å². The molecule has 8 heteroatoms. The van der Waals surface area contributed by atoms with Gasteiger partial charge in [-0.25, -0.2) is 12.8 Å². The first-order valence-electron chi connectivity index (χ1n) is 7.38. The lowest BCUT2D eigenvalue weighted by Crippen LogP contribution is -2.26. The monoisotopic (exact) mass is 401 g/mol. The maximum atomic E-state index is 13.5. The van der Waals surface area contributed by atoms with Crippen LogP contribution in [0.25, 0.3) is 0 Å². The highest BCUT2D eigenvalue weighted by Gasteiger charge is 2.15. The molecule has 0 aliphatic heterocycles. The zero-order valence-electron chi connectivity index (χ0n) is 13.5. The predicted octanol–water partition coefficient (Wildman–Crippen LogP) is 3.55. The van der Waals surface area contributed by atoms with E-state index in [1.54, 1.807) is 18.2 Å². The molecule has 2 aromatic carbocycles. The van der Waals surface area contributed by atoms with E-state index in [0.29, 0.717) is 23.6 Å². The molecule has 0 saturated carbocycles. The topological polar surface area (TPSA) is 63.2 Å². The van der Waals surface area contributed by atoms with Crippen molar-refractivity contribution in [1.82, 2.24) is 5.32 Å². The molecule has 0 aliphatic rings. The van der Waals surface area contributed by atoms with Crippen molar-refractivity contribution >= 4 is 39.1 Å². The van der Waals surface area contributed by atoms with Crippen molar-refractivity contribution in [3.05, 3.63) is 64.4 Å². The third-order valence-corrected chi connectivity index (χ3v) is 5.81. The summed E-state index contributed by atoms with van der Waals surface area (Å²) in [5, 5.41) is 2.87. The van der Waals surface area contributed by atoms with Crippen molar-refractivity contribution in [3.8, 4) is 0 Å². The van der Waals surface area contributed by atoms with Crippen LogP contribution in [-0.2, 0) is 15.6 Å². The molecule has 0 fully saturated rings. The van der Waals surface area contributed by atoms with Gasteiger partial charge in [-0.2, -0.15) is 11.8 Å². The lowest BCUT2D eigenvalue weighted by molar-refractivity contribution is 0.0956. The summed E-state index contributed by atoms with van der Waals surface area (Å²) in [5.41, 5.74) is 0.728. The second-order valence-corrected chi connectivity index (χ2v) is 8.84. The standard InChI is InChI=1S/C17H17ClFNO3S2/c1-25(22,23)13-6-7-15(18)14(10-13)17(21)20-8-9-24-11-12-4-2-3-5-16(12)19/h2-7,10H,8-9,11H2,1H3,(H,20,21). The highest BCUT2D eigenvalue weighted by atomic mass is 35.5. The largest absolute Gasteiger partial charge is 0.351 e. The van der Waals surface area contributed by atoms with Crippen LogP contribution in [0.15, 0.2) is 47.4 Å². The summed E-state index contributed by atoms with van der Waals surface area (Å²) in [6, 6.07) is 10.6. The van der Waals surface area contributed by atoms with Crippen LogP contribution < -0.4 is 5.32 Å². The first kappa shape index (κ1) is 19.8. The van der Waals surface area contributed by atoms with Crippen molar-refractivity contribution in [1.29, 1.82) is 0 Å². The molecule has 4 nitrogen and oxygen atoms in total.